The number of benzene rings is 2. The molecule has 1 atom stereocenters. The van der Waals surface area contributed by atoms with E-state index in [1.807, 2.05) is 49.9 Å². The molecule has 16 nitrogen and oxygen atoms in total. The number of carbonyl (C=O) groups is 4. The third-order valence-electron chi connectivity index (χ3n) is 9.80. The molecule has 3 heterocycles. The van der Waals surface area contributed by atoms with Gasteiger partial charge >= 0.3 is 12.2 Å². The number of piperazine rings is 1. The minimum atomic E-state index is -0.936. The van der Waals surface area contributed by atoms with Crippen LogP contribution in [-0.2, 0) is 20.7 Å². The van der Waals surface area contributed by atoms with Gasteiger partial charge in [0, 0.05) is 68.7 Å². The van der Waals surface area contributed by atoms with Crippen LogP contribution in [0.3, 0.4) is 0 Å². The predicted octanol–water partition coefficient (Wildman–Crippen LogP) is 4.11. The molecular formula is C38H47N9O7. The zero-order chi connectivity index (χ0) is 38.4. The van der Waals surface area contributed by atoms with E-state index >= 15 is 0 Å². The Morgan fingerprint density at radius 1 is 0.944 bits per heavy atom. The van der Waals surface area contributed by atoms with Crippen molar-refractivity contribution in [3.8, 4) is 11.1 Å². The Labute approximate surface area is 312 Å². The number of aromatic amines is 2. The zero-order valence-corrected chi connectivity index (χ0v) is 30.7. The smallest absolute Gasteiger partial charge is 0.407 e. The summed E-state index contributed by atoms with van der Waals surface area (Å²) in [5, 5.41) is 23.8. The van der Waals surface area contributed by atoms with Crippen LogP contribution in [0.5, 0.6) is 0 Å². The predicted molar refractivity (Wildman–Crippen MR) is 202 cm³/mol. The third kappa shape index (κ3) is 9.73. The second-order valence-corrected chi connectivity index (χ2v) is 14.9. The Hall–Kier alpha value is -5.93. The molecule has 0 bridgehead atoms. The normalized spacial score (nSPS) is 18.1. The molecule has 4 amide bonds. The van der Waals surface area contributed by atoms with E-state index < -0.39 is 29.7 Å². The molecule has 16 heteroatoms. The lowest BCUT2D eigenvalue weighted by Gasteiger charge is -2.33. The lowest BCUT2D eigenvalue weighted by Crippen LogP contribution is -2.48. The van der Waals surface area contributed by atoms with E-state index in [0.29, 0.717) is 68.1 Å². The lowest BCUT2D eigenvalue weighted by molar-refractivity contribution is -0.130. The van der Waals surface area contributed by atoms with Gasteiger partial charge in [0.25, 0.3) is 5.56 Å². The molecule has 1 saturated carbocycles. The molecule has 286 valence electrons. The number of nitrogens with one attached hydrogen (secondary N) is 5. The van der Waals surface area contributed by atoms with Gasteiger partial charge in [-0.3, -0.25) is 24.6 Å². The van der Waals surface area contributed by atoms with Crippen molar-refractivity contribution in [2.75, 3.05) is 42.9 Å². The van der Waals surface area contributed by atoms with Crippen LogP contribution < -0.4 is 26.4 Å². The number of carbonyl (C=O) groups excluding carboxylic acids is 3. The first-order chi connectivity index (χ1) is 25.8. The van der Waals surface area contributed by atoms with Crippen molar-refractivity contribution in [1.29, 1.82) is 0 Å². The zero-order valence-electron chi connectivity index (χ0n) is 30.7. The van der Waals surface area contributed by atoms with Crippen molar-refractivity contribution in [2.24, 2.45) is 11.8 Å². The van der Waals surface area contributed by atoms with E-state index in [1.165, 1.54) is 4.90 Å². The van der Waals surface area contributed by atoms with Gasteiger partial charge < -0.3 is 35.6 Å². The largest absolute Gasteiger partial charge is 0.465 e. The number of H-pyrrole nitrogens is 2. The van der Waals surface area contributed by atoms with Crippen LogP contribution in [0.4, 0.5) is 21.2 Å². The Morgan fingerprint density at radius 2 is 1.67 bits per heavy atom. The lowest BCUT2D eigenvalue weighted by atomic mass is 9.81. The maximum absolute atomic E-state index is 13.9. The van der Waals surface area contributed by atoms with E-state index in [1.54, 1.807) is 30.6 Å². The summed E-state index contributed by atoms with van der Waals surface area (Å²) < 4.78 is 5.34. The summed E-state index contributed by atoms with van der Waals surface area (Å²) in [6, 6.07) is 11.6. The highest BCUT2D eigenvalue weighted by molar-refractivity contribution is 5.99. The minimum absolute atomic E-state index is 0.205. The Kier molecular flexibility index (Phi) is 11.5. The highest BCUT2D eigenvalue weighted by atomic mass is 16.6. The molecule has 6 rings (SSSR count). The van der Waals surface area contributed by atoms with Crippen LogP contribution in [0.15, 0.2) is 59.7 Å². The van der Waals surface area contributed by atoms with Crippen LogP contribution in [-0.4, -0.2) is 98.5 Å². The van der Waals surface area contributed by atoms with E-state index in [4.69, 9.17) is 4.74 Å². The number of nitrogens with zero attached hydrogens (tertiary/aromatic N) is 4. The molecule has 2 aromatic carbocycles. The van der Waals surface area contributed by atoms with Gasteiger partial charge in [-0.25, -0.2) is 19.6 Å². The molecule has 6 N–H and O–H groups in total. The molecule has 4 aromatic rings. The first-order valence-corrected chi connectivity index (χ1v) is 18.2. The third-order valence-corrected chi connectivity index (χ3v) is 9.80. The van der Waals surface area contributed by atoms with Crippen molar-refractivity contribution in [3.63, 3.8) is 0 Å². The quantitative estimate of drug-likeness (QED) is 0.137. The molecule has 1 saturated heterocycles. The molecule has 1 aliphatic heterocycles. The van der Waals surface area contributed by atoms with Crippen LogP contribution in [0.25, 0.3) is 22.0 Å². The van der Waals surface area contributed by atoms with E-state index in [0.717, 1.165) is 29.5 Å². The van der Waals surface area contributed by atoms with E-state index in [-0.39, 0.29) is 29.7 Å². The molecule has 2 aromatic heterocycles. The van der Waals surface area contributed by atoms with Crippen molar-refractivity contribution in [2.45, 2.75) is 64.5 Å². The van der Waals surface area contributed by atoms with Crippen LogP contribution in [0.2, 0.25) is 0 Å². The van der Waals surface area contributed by atoms with Gasteiger partial charge in [-0.1, -0.05) is 24.3 Å². The number of rotatable bonds is 10. The SMILES string of the molecule is CC(C)(C)OC(=O)NC[C@H]1CC[C@H](C(=O)N[C@@H](Cc2cccc(-c3cnc(N4CCN(C(=O)O)CC4)nc3)c2)C(=O)Nc2ccc3c(=O)[nH][nH]c3c2)CC1. The van der Waals surface area contributed by atoms with E-state index in [2.05, 4.69) is 36.1 Å². The van der Waals surface area contributed by atoms with Gasteiger partial charge in [-0.15, -0.1) is 0 Å². The van der Waals surface area contributed by atoms with Gasteiger partial charge in [0.2, 0.25) is 17.8 Å². The first-order valence-electron chi connectivity index (χ1n) is 18.2. The van der Waals surface area contributed by atoms with Gasteiger partial charge in [-0.2, -0.15) is 0 Å². The summed E-state index contributed by atoms with van der Waals surface area (Å²) in [6.45, 7) is 7.67. The average molecular weight is 742 g/mol. The number of hydrogen-bond acceptors (Lipinski definition) is 9. The fourth-order valence-electron chi connectivity index (χ4n) is 6.86. The number of alkyl carbamates (subject to hydrolysis) is 1. The second-order valence-electron chi connectivity index (χ2n) is 14.9. The molecule has 1 aliphatic carbocycles. The summed E-state index contributed by atoms with van der Waals surface area (Å²) >= 11 is 0. The number of hydrogen-bond donors (Lipinski definition) is 6. The second kappa shape index (κ2) is 16.4. The van der Waals surface area contributed by atoms with Crippen molar-refractivity contribution in [1.82, 2.24) is 35.7 Å². The van der Waals surface area contributed by atoms with Gasteiger partial charge in [0.1, 0.15) is 11.6 Å². The molecule has 2 fully saturated rings. The molecular weight excluding hydrogens is 694 g/mol. The number of fused-ring (bicyclic) bond motifs is 1. The fraction of sp³-hybridized carbons (Fsp3) is 0.447. The first kappa shape index (κ1) is 37.8. The summed E-state index contributed by atoms with van der Waals surface area (Å²) in [4.78, 5) is 75.4. The fourth-order valence-corrected chi connectivity index (χ4v) is 6.86. The van der Waals surface area contributed by atoms with Crippen molar-refractivity contribution >= 4 is 46.5 Å². The van der Waals surface area contributed by atoms with Crippen LogP contribution in [0.1, 0.15) is 52.0 Å². The maximum atomic E-state index is 13.9. The van der Waals surface area contributed by atoms with Crippen molar-refractivity contribution < 1.29 is 29.0 Å². The summed E-state index contributed by atoms with van der Waals surface area (Å²) in [5.74, 6) is -0.151. The molecule has 2 aliphatic rings. The summed E-state index contributed by atoms with van der Waals surface area (Å²) in [5.41, 5.74) is 2.57. The Balaban J connectivity index is 1.12. The molecule has 0 spiro atoms. The number of aromatic nitrogens is 4. The topological polar surface area (TPSA) is 215 Å². The van der Waals surface area contributed by atoms with E-state index in [9.17, 15) is 29.1 Å². The molecule has 0 radical (unpaired) electrons. The van der Waals surface area contributed by atoms with Crippen LogP contribution in [0, 0.1) is 11.8 Å². The monoisotopic (exact) mass is 741 g/mol. The number of amides is 4. The average Bonchev–Trinajstić information content (AvgIpc) is 3.52. The van der Waals surface area contributed by atoms with Gasteiger partial charge in [0.15, 0.2) is 0 Å². The standard InChI is InChI=1S/C38H47N9O7/c1-38(2,3)54-36(51)41-20-23-7-9-25(10-8-23)32(48)43-31(34(50)42-28-11-12-29-30(19-28)44-45-33(29)49)18-24-5-4-6-26(17-24)27-21-39-35(40-22-27)46-13-15-47(16-14-46)37(52)53/h4-6,11-12,17,19,21-23,25,31H,7-10,13-16,18,20H2,1-3H3,(H,41,51)(H,42,50)(H,43,48)(H,52,53)(H2,44,45,49)/t23-,25-,31-/m0/s1. The summed E-state index contributed by atoms with van der Waals surface area (Å²) in [7, 11) is 0. The highest BCUT2D eigenvalue weighted by Crippen LogP contribution is 2.29. The summed E-state index contributed by atoms with van der Waals surface area (Å²) in [6.07, 6.45) is 5.00. The van der Waals surface area contributed by atoms with Gasteiger partial charge in [0.05, 0.1) is 10.9 Å². The molecule has 0 unspecified atom stereocenters. The Morgan fingerprint density at radius 3 is 2.35 bits per heavy atom. The highest BCUT2D eigenvalue weighted by Gasteiger charge is 2.30. The number of carboxylic acid groups (broad SMARTS) is 1. The minimum Gasteiger partial charge on any atom is -0.465 e. The van der Waals surface area contributed by atoms with Gasteiger partial charge in [-0.05, 0) is 81.7 Å². The molecule has 54 heavy (non-hydrogen) atoms. The maximum Gasteiger partial charge on any atom is 0.407 e. The van der Waals surface area contributed by atoms with Crippen LogP contribution >= 0.6 is 0 Å². The van der Waals surface area contributed by atoms with Crippen molar-refractivity contribution in [3.05, 3.63) is 70.8 Å². The number of anilines is 2. The number of ether oxygens (including phenoxy) is 1. The Bertz CT molecular complexity index is 2020.